The fourth-order valence-electron chi connectivity index (χ4n) is 0.993. The van der Waals surface area contributed by atoms with Gasteiger partial charge in [0.2, 0.25) is 0 Å². The molecule has 1 rings (SSSR count). The predicted octanol–water partition coefficient (Wildman–Crippen LogP) is 2.74. The van der Waals surface area contributed by atoms with E-state index < -0.39 is 0 Å². The first-order chi connectivity index (χ1) is 5.77. The van der Waals surface area contributed by atoms with Gasteiger partial charge in [-0.3, -0.25) is 0 Å². The van der Waals surface area contributed by atoms with Crippen LogP contribution in [-0.4, -0.2) is 18.0 Å². The minimum atomic E-state index is 0.169. The smallest absolute Gasteiger partial charge is 0.0590 e. The van der Waals surface area contributed by atoms with Crippen molar-refractivity contribution in [2.45, 2.75) is 5.25 Å². The molecule has 0 aliphatic rings. The molecule has 0 amide bonds. The molecule has 0 radical (unpaired) electrons. The van der Waals surface area contributed by atoms with Crippen LogP contribution in [0.2, 0.25) is 5.02 Å². The molecule has 1 unspecified atom stereocenters. The normalized spacial score (nSPS) is 12.9. The fraction of sp³-hybridized carbons (Fsp3) is 0.333. The number of benzene rings is 1. The van der Waals surface area contributed by atoms with Crippen molar-refractivity contribution in [2.24, 2.45) is 0 Å². The van der Waals surface area contributed by atoms with Crippen molar-refractivity contribution in [1.82, 2.24) is 0 Å². The lowest BCUT2D eigenvalue weighted by molar-refractivity contribution is 0.296. The summed E-state index contributed by atoms with van der Waals surface area (Å²) in [7, 11) is 0. The van der Waals surface area contributed by atoms with Gasteiger partial charge in [-0.25, -0.2) is 0 Å². The minimum Gasteiger partial charge on any atom is -0.395 e. The highest BCUT2D eigenvalue weighted by Gasteiger charge is 2.07. The van der Waals surface area contributed by atoms with Gasteiger partial charge in [-0.15, -0.1) is 0 Å². The quantitative estimate of drug-likeness (QED) is 0.814. The average molecular weight is 203 g/mol. The van der Waals surface area contributed by atoms with E-state index in [1.807, 2.05) is 30.5 Å². The largest absolute Gasteiger partial charge is 0.395 e. The second-order valence-corrected chi connectivity index (χ2v) is 3.94. The standard InChI is InChI=1S/C9H11ClOS/c1-12-9(6-11)7-2-4-8(10)5-3-7/h2-5,9,11H,6H2,1H3. The van der Waals surface area contributed by atoms with Gasteiger partial charge in [0.15, 0.2) is 0 Å². The summed E-state index contributed by atoms with van der Waals surface area (Å²) in [5.41, 5.74) is 1.12. The topological polar surface area (TPSA) is 20.2 Å². The van der Waals surface area contributed by atoms with Crippen molar-refractivity contribution in [2.75, 3.05) is 12.9 Å². The Balaban J connectivity index is 2.80. The third-order valence-electron chi connectivity index (χ3n) is 1.69. The number of hydrogen-bond donors (Lipinski definition) is 1. The zero-order chi connectivity index (χ0) is 8.97. The van der Waals surface area contributed by atoms with Gasteiger partial charge >= 0.3 is 0 Å². The molecule has 1 aromatic carbocycles. The summed E-state index contributed by atoms with van der Waals surface area (Å²) in [6.07, 6.45) is 1.98. The molecule has 0 aliphatic carbocycles. The molecular formula is C9H11ClOS. The molecule has 0 saturated heterocycles. The summed E-state index contributed by atoms with van der Waals surface area (Å²) in [4.78, 5) is 0. The van der Waals surface area contributed by atoms with E-state index in [4.69, 9.17) is 16.7 Å². The van der Waals surface area contributed by atoms with Crippen LogP contribution in [0.25, 0.3) is 0 Å². The molecule has 1 nitrogen and oxygen atoms in total. The van der Waals surface area contributed by atoms with E-state index in [1.54, 1.807) is 11.8 Å². The SMILES string of the molecule is CSC(CO)c1ccc(Cl)cc1. The number of aliphatic hydroxyl groups excluding tert-OH is 1. The third-order valence-corrected chi connectivity index (χ3v) is 2.93. The maximum absolute atomic E-state index is 8.99. The molecule has 0 heterocycles. The second kappa shape index (κ2) is 4.75. The first kappa shape index (κ1) is 9.90. The molecule has 0 aromatic heterocycles. The van der Waals surface area contributed by atoms with Gasteiger partial charge in [0.1, 0.15) is 0 Å². The molecule has 0 spiro atoms. The lowest BCUT2D eigenvalue weighted by atomic mass is 10.1. The predicted molar refractivity (Wildman–Crippen MR) is 54.8 cm³/mol. The molecule has 66 valence electrons. The molecule has 1 N–H and O–H groups in total. The summed E-state index contributed by atoms with van der Waals surface area (Å²) < 4.78 is 0. The van der Waals surface area contributed by atoms with Gasteiger partial charge in [0.05, 0.1) is 11.9 Å². The van der Waals surface area contributed by atoms with Crippen molar-refractivity contribution in [3.8, 4) is 0 Å². The van der Waals surface area contributed by atoms with Gasteiger partial charge in [0.25, 0.3) is 0 Å². The highest BCUT2D eigenvalue weighted by molar-refractivity contribution is 7.98. The first-order valence-corrected chi connectivity index (χ1v) is 5.33. The molecule has 0 saturated carbocycles. The molecule has 0 aliphatic heterocycles. The van der Waals surface area contributed by atoms with Crippen LogP contribution in [0, 0.1) is 0 Å². The Labute approximate surface area is 81.7 Å². The second-order valence-electron chi connectivity index (χ2n) is 2.46. The van der Waals surface area contributed by atoms with Crippen LogP contribution < -0.4 is 0 Å². The molecule has 3 heteroatoms. The number of halogens is 1. The summed E-state index contributed by atoms with van der Waals surface area (Å²) in [6.45, 7) is 0.169. The van der Waals surface area contributed by atoms with Crippen LogP contribution in [0.4, 0.5) is 0 Å². The molecule has 0 fully saturated rings. The van der Waals surface area contributed by atoms with E-state index in [9.17, 15) is 0 Å². The van der Waals surface area contributed by atoms with E-state index in [1.165, 1.54) is 0 Å². The van der Waals surface area contributed by atoms with Crippen LogP contribution in [0.15, 0.2) is 24.3 Å². The van der Waals surface area contributed by atoms with Crippen LogP contribution in [0.3, 0.4) is 0 Å². The van der Waals surface area contributed by atoms with Gasteiger partial charge < -0.3 is 5.11 Å². The summed E-state index contributed by atoms with van der Waals surface area (Å²) in [6, 6.07) is 7.57. The van der Waals surface area contributed by atoms with E-state index in [2.05, 4.69) is 0 Å². The maximum Gasteiger partial charge on any atom is 0.0590 e. The highest BCUT2D eigenvalue weighted by atomic mass is 35.5. The van der Waals surface area contributed by atoms with Gasteiger partial charge in [-0.1, -0.05) is 23.7 Å². The van der Waals surface area contributed by atoms with Crippen LogP contribution >= 0.6 is 23.4 Å². The first-order valence-electron chi connectivity index (χ1n) is 3.67. The average Bonchev–Trinajstić information content (AvgIpc) is 2.10. The van der Waals surface area contributed by atoms with Gasteiger partial charge in [0, 0.05) is 5.02 Å². The number of rotatable bonds is 3. The number of aliphatic hydroxyl groups is 1. The van der Waals surface area contributed by atoms with Crippen molar-refractivity contribution < 1.29 is 5.11 Å². The molecule has 12 heavy (non-hydrogen) atoms. The Morgan fingerprint density at radius 3 is 2.42 bits per heavy atom. The van der Waals surface area contributed by atoms with Crippen LogP contribution in [-0.2, 0) is 0 Å². The summed E-state index contributed by atoms with van der Waals surface area (Å²) in [5, 5.41) is 9.90. The molecule has 1 aromatic rings. The number of hydrogen-bond acceptors (Lipinski definition) is 2. The molecule has 0 bridgehead atoms. The Kier molecular flexibility index (Phi) is 3.92. The third kappa shape index (κ3) is 2.41. The van der Waals surface area contributed by atoms with E-state index in [0.29, 0.717) is 0 Å². The Bertz CT molecular complexity index is 231. The zero-order valence-corrected chi connectivity index (χ0v) is 8.40. The van der Waals surface area contributed by atoms with E-state index in [-0.39, 0.29) is 11.9 Å². The Hall–Kier alpha value is -0.180. The Morgan fingerprint density at radius 2 is 2.00 bits per heavy atom. The maximum atomic E-state index is 8.99. The van der Waals surface area contributed by atoms with Crippen LogP contribution in [0.1, 0.15) is 10.8 Å². The van der Waals surface area contributed by atoms with Crippen molar-refractivity contribution in [3.63, 3.8) is 0 Å². The van der Waals surface area contributed by atoms with Crippen molar-refractivity contribution in [3.05, 3.63) is 34.9 Å². The lowest BCUT2D eigenvalue weighted by Gasteiger charge is -2.10. The van der Waals surface area contributed by atoms with E-state index >= 15 is 0 Å². The highest BCUT2D eigenvalue weighted by Crippen LogP contribution is 2.26. The van der Waals surface area contributed by atoms with Gasteiger partial charge in [-0.05, 0) is 24.0 Å². The molecule has 1 atom stereocenters. The fourth-order valence-corrected chi connectivity index (χ4v) is 1.70. The zero-order valence-electron chi connectivity index (χ0n) is 6.83. The summed E-state index contributed by atoms with van der Waals surface area (Å²) >= 11 is 7.37. The van der Waals surface area contributed by atoms with Crippen LogP contribution in [0.5, 0.6) is 0 Å². The molecular weight excluding hydrogens is 192 g/mol. The monoisotopic (exact) mass is 202 g/mol. The Morgan fingerprint density at radius 1 is 1.42 bits per heavy atom. The van der Waals surface area contributed by atoms with Crippen molar-refractivity contribution in [1.29, 1.82) is 0 Å². The van der Waals surface area contributed by atoms with Crippen molar-refractivity contribution >= 4 is 23.4 Å². The summed E-state index contributed by atoms with van der Waals surface area (Å²) in [5.74, 6) is 0. The van der Waals surface area contributed by atoms with Gasteiger partial charge in [-0.2, -0.15) is 11.8 Å². The van der Waals surface area contributed by atoms with E-state index in [0.717, 1.165) is 10.6 Å². The minimum absolute atomic E-state index is 0.169. The lowest BCUT2D eigenvalue weighted by Crippen LogP contribution is -1.98. The number of thioether (sulfide) groups is 1.